The van der Waals surface area contributed by atoms with E-state index in [-0.39, 0.29) is 23.6 Å². The quantitative estimate of drug-likeness (QED) is 0.373. The van der Waals surface area contributed by atoms with E-state index >= 15 is 0 Å². The van der Waals surface area contributed by atoms with Crippen molar-refractivity contribution in [2.24, 2.45) is 0 Å². The molecule has 178 valence electrons. The van der Waals surface area contributed by atoms with Crippen molar-refractivity contribution in [3.63, 3.8) is 0 Å². The van der Waals surface area contributed by atoms with E-state index in [9.17, 15) is 14.7 Å². The Balaban J connectivity index is 1.87. The topological polar surface area (TPSA) is 84.9 Å². The smallest absolute Gasteiger partial charge is 0.343 e. The molecular weight excluding hydrogens is 430 g/mol. The molecule has 0 saturated carbocycles. The van der Waals surface area contributed by atoms with Crippen LogP contribution in [0.3, 0.4) is 0 Å². The van der Waals surface area contributed by atoms with Crippen molar-refractivity contribution in [2.75, 3.05) is 6.54 Å². The molecule has 34 heavy (non-hydrogen) atoms. The fourth-order valence-electron chi connectivity index (χ4n) is 3.14. The number of β-amino-alcohol motifs (C(OH)–C–C–N with tert-alkyl or cyclic N) is 1. The third kappa shape index (κ3) is 7.27. The molecule has 0 amide bonds. The standard InChI is InChI=1S/C28H31NO5/c1-18-6-10-20(11-7-18)26(31)33-23-14-22(25(30)17-29-28(3,4)5)15-24(16-23)34-27(32)21-12-8-19(2)9-13-21/h6-16,25,29-30H,17H2,1-5H3/t25-/m1/s1. The number of esters is 2. The Hall–Kier alpha value is -3.48. The number of rotatable bonds is 7. The highest BCUT2D eigenvalue weighted by Gasteiger charge is 2.18. The molecular formula is C28H31NO5. The third-order valence-electron chi connectivity index (χ3n) is 5.11. The zero-order valence-corrected chi connectivity index (χ0v) is 20.2. The van der Waals surface area contributed by atoms with Crippen molar-refractivity contribution < 1.29 is 24.2 Å². The van der Waals surface area contributed by atoms with Gasteiger partial charge in [-0.05, 0) is 76.6 Å². The highest BCUT2D eigenvalue weighted by atomic mass is 16.5. The van der Waals surface area contributed by atoms with Crippen LogP contribution in [0.25, 0.3) is 0 Å². The van der Waals surface area contributed by atoms with Gasteiger partial charge in [0.25, 0.3) is 0 Å². The van der Waals surface area contributed by atoms with Crippen LogP contribution in [-0.4, -0.2) is 29.1 Å². The number of benzene rings is 3. The number of hydrogen-bond acceptors (Lipinski definition) is 6. The molecule has 6 heteroatoms. The number of aryl methyl sites for hydroxylation is 2. The van der Waals surface area contributed by atoms with E-state index in [0.717, 1.165) is 11.1 Å². The van der Waals surface area contributed by atoms with Crippen LogP contribution in [-0.2, 0) is 0 Å². The number of carbonyl (C=O) groups excluding carboxylic acids is 2. The van der Waals surface area contributed by atoms with E-state index < -0.39 is 18.0 Å². The zero-order chi connectivity index (χ0) is 24.9. The van der Waals surface area contributed by atoms with Gasteiger partial charge >= 0.3 is 11.9 Å². The van der Waals surface area contributed by atoms with Gasteiger partial charge in [0.2, 0.25) is 0 Å². The van der Waals surface area contributed by atoms with Gasteiger partial charge < -0.3 is 19.9 Å². The number of nitrogens with one attached hydrogen (secondary N) is 1. The van der Waals surface area contributed by atoms with Gasteiger partial charge in [-0.15, -0.1) is 0 Å². The molecule has 0 fully saturated rings. The van der Waals surface area contributed by atoms with Crippen LogP contribution in [0, 0.1) is 13.8 Å². The molecule has 0 aliphatic carbocycles. The highest BCUT2D eigenvalue weighted by Crippen LogP contribution is 2.28. The number of aliphatic hydroxyl groups excluding tert-OH is 1. The first-order valence-corrected chi connectivity index (χ1v) is 11.2. The normalized spacial score (nSPS) is 12.2. The minimum Gasteiger partial charge on any atom is -0.423 e. The van der Waals surface area contributed by atoms with E-state index in [1.807, 2.05) is 58.9 Å². The first kappa shape index (κ1) is 25.1. The number of ether oxygens (including phenoxy) is 2. The Morgan fingerprint density at radius 3 is 1.59 bits per heavy atom. The molecule has 0 spiro atoms. The first-order valence-electron chi connectivity index (χ1n) is 11.2. The summed E-state index contributed by atoms with van der Waals surface area (Å²) in [4.78, 5) is 25.3. The molecule has 0 aliphatic rings. The third-order valence-corrected chi connectivity index (χ3v) is 5.11. The maximum absolute atomic E-state index is 12.6. The lowest BCUT2D eigenvalue weighted by molar-refractivity contribution is 0.0731. The summed E-state index contributed by atoms with van der Waals surface area (Å²) in [5.41, 5.74) is 3.10. The van der Waals surface area contributed by atoms with Crippen molar-refractivity contribution in [2.45, 2.75) is 46.3 Å². The predicted molar refractivity (Wildman–Crippen MR) is 131 cm³/mol. The van der Waals surface area contributed by atoms with Crippen LogP contribution in [0.15, 0.2) is 66.7 Å². The molecule has 0 radical (unpaired) electrons. The number of hydrogen-bond donors (Lipinski definition) is 2. The summed E-state index contributed by atoms with van der Waals surface area (Å²) >= 11 is 0. The van der Waals surface area contributed by atoms with Crippen molar-refractivity contribution >= 4 is 11.9 Å². The van der Waals surface area contributed by atoms with Gasteiger partial charge in [-0.2, -0.15) is 0 Å². The Morgan fingerprint density at radius 1 is 0.794 bits per heavy atom. The average molecular weight is 462 g/mol. The minimum absolute atomic E-state index is 0.171. The highest BCUT2D eigenvalue weighted by molar-refractivity contribution is 5.92. The lowest BCUT2D eigenvalue weighted by Gasteiger charge is -2.23. The molecule has 0 aromatic heterocycles. The minimum atomic E-state index is -0.908. The second kappa shape index (κ2) is 10.6. The summed E-state index contributed by atoms with van der Waals surface area (Å²) in [6.45, 7) is 10.1. The lowest BCUT2D eigenvalue weighted by atomic mass is 10.1. The van der Waals surface area contributed by atoms with E-state index in [4.69, 9.17) is 9.47 Å². The van der Waals surface area contributed by atoms with Crippen LogP contribution < -0.4 is 14.8 Å². The van der Waals surface area contributed by atoms with Crippen LogP contribution in [0.5, 0.6) is 11.5 Å². The molecule has 0 bridgehead atoms. The Morgan fingerprint density at radius 2 is 1.21 bits per heavy atom. The maximum atomic E-state index is 12.6. The summed E-state index contributed by atoms with van der Waals surface area (Å²) in [6, 6.07) is 18.6. The second-order valence-corrected chi connectivity index (χ2v) is 9.40. The molecule has 3 rings (SSSR count). The van der Waals surface area contributed by atoms with Gasteiger partial charge in [0.1, 0.15) is 11.5 Å². The molecule has 3 aromatic carbocycles. The van der Waals surface area contributed by atoms with Gasteiger partial charge in [0.15, 0.2) is 0 Å². The number of aliphatic hydroxyl groups is 1. The summed E-state index contributed by atoms with van der Waals surface area (Å²) in [5.74, 6) is -0.750. The summed E-state index contributed by atoms with van der Waals surface area (Å²) in [6.07, 6.45) is -0.908. The van der Waals surface area contributed by atoms with Gasteiger partial charge in [0.05, 0.1) is 17.2 Å². The molecule has 0 heterocycles. The van der Waals surface area contributed by atoms with Crippen LogP contribution in [0.2, 0.25) is 0 Å². The van der Waals surface area contributed by atoms with E-state index in [2.05, 4.69) is 5.32 Å². The second-order valence-electron chi connectivity index (χ2n) is 9.40. The average Bonchev–Trinajstić information content (AvgIpc) is 2.77. The van der Waals surface area contributed by atoms with Gasteiger partial charge in [-0.25, -0.2) is 9.59 Å². The molecule has 3 aromatic rings. The Kier molecular flexibility index (Phi) is 7.87. The van der Waals surface area contributed by atoms with Crippen LogP contribution >= 0.6 is 0 Å². The summed E-state index contributed by atoms with van der Waals surface area (Å²) in [7, 11) is 0. The summed E-state index contributed by atoms with van der Waals surface area (Å²) < 4.78 is 11.1. The molecule has 0 aliphatic heterocycles. The van der Waals surface area contributed by atoms with Crippen molar-refractivity contribution in [1.82, 2.24) is 5.32 Å². The SMILES string of the molecule is Cc1ccc(C(=O)Oc2cc(OC(=O)c3ccc(C)cc3)cc([C@H](O)CNC(C)(C)C)c2)cc1. The van der Waals surface area contributed by atoms with E-state index in [1.165, 1.54) is 6.07 Å². The Labute approximate surface area is 200 Å². The lowest BCUT2D eigenvalue weighted by Crippen LogP contribution is -2.38. The fourth-order valence-corrected chi connectivity index (χ4v) is 3.14. The van der Waals surface area contributed by atoms with Crippen LogP contribution in [0.1, 0.15) is 64.3 Å². The summed E-state index contributed by atoms with van der Waals surface area (Å²) in [5, 5.41) is 14.0. The van der Waals surface area contributed by atoms with Gasteiger partial charge in [-0.1, -0.05) is 35.4 Å². The predicted octanol–water partition coefficient (Wildman–Crippen LogP) is 5.16. The fraction of sp³-hybridized carbons (Fsp3) is 0.286. The van der Waals surface area contributed by atoms with Crippen LogP contribution in [0.4, 0.5) is 0 Å². The number of carbonyl (C=O) groups is 2. The van der Waals surface area contributed by atoms with E-state index in [1.54, 1.807) is 36.4 Å². The van der Waals surface area contributed by atoms with E-state index in [0.29, 0.717) is 16.7 Å². The van der Waals surface area contributed by atoms with Crippen molar-refractivity contribution in [1.29, 1.82) is 0 Å². The zero-order valence-electron chi connectivity index (χ0n) is 20.2. The molecule has 6 nitrogen and oxygen atoms in total. The maximum Gasteiger partial charge on any atom is 0.343 e. The van der Waals surface area contributed by atoms with Crippen molar-refractivity contribution in [3.8, 4) is 11.5 Å². The monoisotopic (exact) mass is 461 g/mol. The largest absolute Gasteiger partial charge is 0.423 e. The van der Waals surface area contributed by atoms with Crippen molar-refractivity contribution in [3.05, 3.63) is 94.5 Å². The Bertz CT molecular complexity index is 1070. The van der Waals surface area contributed by atoms with Gasteiger partial charge in [0, 0.05) is 18.2 Å². The molecule has 1 atom stereocenters. The molecule has 2 N–H and O–H groups in total. The van der Waals surface area contributed by atoms with Gasteiger partial charge in [-0.3, -0.25) is 0 Å². The molecule has 0 unspecified atom stereocenters. The first-order chi connectivity index (χ1) is 16.0. The molecule has 0 saturated heterocycles.